The van der Waals surface area contributed by atoms with Crippen LogP contribution in [-0.2, 0) is 11.2 Å². The number of aromatic hydroxyl groups is 1. The van der Waals surface area contributed by atoms with E-state index in [2.05, 4.69) is 5.32 Å². The molecule has 3 nitrogen and oxygen atoms in total. The van der Waals surface area contributed by atoms with Gasteiger partial charge in [0.1, 0.15) is 5.75 Å². The molecular formula is C14H15NO2S. The van der Waals surface area contributed by atoms with Crippen molar-refractivity contribution >= 4 is 22.9 Å². The van der Waals surface area contributed by atoms with Crippen molar-refractivity contribution in [3.8, 4) is 5.75 Å². The maximum Gasteiger partial charge on any atom is 0.224 e. The number of benzene rings is 1. The van der Waals surface area contributed by atoms with Gasteiger partial charge in [-0.05, 0) is 53.4 Å². The predicted molar refractivity (Wildman–Crippen MR) is 74.1 cm³/mol. The predicted octanol–water partition coefficient (Wildman–Crippen LogP) is 3.33. The van der Waals surface area contributed by atoms with Crippen LogP contribution < -0.4 is 5.32 Å². The highest BCUT2D eigenvalue weighted by Gasteiger charge is 2.06. The van der Waals surface area contributed by atoms with E-state index in [4.69, 9.17) is 0 Å². The van der Waals surface area contributed by atoms with E-state index < -0.39 is 0 Å². The first kappa shape index (κ1) is 12.6. The molecule has 0 radical (unpaired) electrons. The SMILES string of the molecule is Cc1ccc(NC(=O)CCc2ccsc2)c(O)c1. The van der Waals surface area contributed by atoms with E-state index in [0.717, 1.165) is 12.0 Å². The van der Waals surface area contributed by atoms with Crippen molar-refractivity contribution in [2.24, 2.45) is 0 Å². The Labute approximate surface area is 110 Å². The molecule has 4 heteroatoms. The van der Waals surface area contributed by atoms with Gasteiger partial charge in [-0.3, -0.25) is 4.79 Å². The molecule has 0 atom stereocenters. The van der Waals surface area contributed by atoms with Gasteiger partial charge in [0, 0.05) is 6.42 Å². The van der Waals surface area contributed by atoms with Crippen LogP contribution >= 0.6 is 11.3 Å². The minimum atomic E-state index is -0.0830. The van der Waals surface area contributed by atoms with Crippen LogP contribution in [0.3, 0.4) is 0 Å². The van der Waals surface area contributed by atoms with E-state index in [9.17, 15) is 9.90 Å². The number of carbonyl (C=O) groups excluding carboxylic acids is 1. The Hall–Kier alpha value is -1.81. The van der Waals surface area contributed by atoms with Crippen LogP contribution in [0.15, 0.2) is 35.0 Å². The van der Waals surface area contributed by atoms with Crippen LogP contribution in [0.25, 0.3) is 0 Å². The Morgan fingerprint density at radius 3 is 2.89 bits per heavy atom. The summed E-state index contributed by atoms with van der Waals surface area (Å²) < 4.78 is 0. The summed E-state index contributed by atoms with van der Waals surface area (Å²) in [6, 6.07) is 7.22. The van der Waals surface area contributed by atoms with Crippen LogP contribution in [-0.4, -0.2) is 11.0 Å². The minimum Gasteiger partial charge on any atom is -0.506 e. The number of nitrogens with one attached hydrogen (secondary N) is 1. The van der Waals surface area contributed by atoms with Gasteiger partial charge in [-0.1, -0.05) is 6.07 Å². The van der Waals surface area contributed by atoms with Crippen LogP contribution in [0.2, 0.25) is 0 Å². The number of amides is 1. The van der Waals surface area contributed by atoms with Crippen LogP contribution in [0, 0.1) is 6.92 Å². The number of hydrogen-bond acceptors (Lipinski definition) is 3. The summed E-state index contributed by atoms with van der Waals surface area (Å²) in [4.78, 5) is 11.7. The maximum atomic E-state index is 11.7. The molecule has 18 heavy (non-hydrogen) atoms. The molecule has 1 aromatic heterocycles. The molecule has 0 saturated carbocycles. The largest absolute Gasteiger partial charge is 0.506 e. The monoisotopic (exact) mass is 261 g/mol. The molecule has 0 aliphatic heterocycles. The fraction of sp³-hybridized carbons (Fsp3) is 0.214. The van der Waals surface area contributed by atoms with E-state index in [1.165, 1.54) is 5.56 Å². The number of phenolic OH excluding ortho intramolecular Hbond substituents is 1. The summed E-state index contributed by atoms with van der Waals surface area (Å²) in [5.74, 6) is 0.0271. The zero-order valence-corrected chi connectivity index (χ0v) is 11.0. The quantitative estimate of drug-likeness (QED) is 0.829. The lowest BCUT2D eigenvalue weighted by Gasteiger charge is -2.07. The van der Waals surface area contributed by atoms with Gasteiger partial charge < -0.3 is 10.4 Å². The Kier molecular flexibility index (Phi) is 3.99. The Balaban J connectivity index is 1.91. The van der Waals surface area contributed by atoms with Crippen LogP contribution in [0.1, 0.15) is 17.5 Å². The number of anilines is 1. The van der Waals surface area contributed by atoms with Gasteiger partial charge in [0.05, 0.1) is 5.69 Å². The summed E-state index contributed by atoms with van der Waals surface area (Å²) in [5.41, 5.74) is 2.60. The highest BCUT2D eigenvalue weighted by atomic mass is 32.1. The molecule has 0 fully saturated rings. The van der Waals surface area contributed by atoms with E-state index in [-0.39, 0.29) is 11.7 Å². The van der Waals surface area contributed by atoms with E-state index in [1.54, 1.807) is 23.5 Å². The maximum absolute atomic E-state index is 11.7. The normalized spacial score (nSPS) is 10.3. The first-order chi connectivity index (χ1) is 8.65. The smallest absolute Gasteiger partial charge is 0.224 e. The summed E-state index contributed by atoms with van der Waals surface area (Å²) in [6.07, 6.45) is 1.14. The molecule has 0 unspecified atom stereocenters. The molecule has 0 saturated heterocycles. The number of phenols is 1. The van der Waals surface area contributed by atoms with Gasteiger partial charge in [-0.25, -0.2) is 0 Å². The first-order valence-corrected chi connectivity index (χ1v) is 6.70. The Morgan fingerprint density at radius 1 is 1.39 bits per heavy atom. The van der Waals surface area contributed by atoms with Gasteiger partial charge in [-0.15, -0.1) is 0 Å². The van der Waals surface area contributed by atoms with Gasteiger partial charge in [0.25, 0.3) is 0 Å². The standard InChI is InChI=1S/C14H15NO2S/c1-10-2-4-12(13(16)8-10)15-14(17)5-3-11-6-7-18-9-11/h2,4,6-9,16H,3,5H2,1H3,(H,15,17). The molecule has 0 aliphatic carbocycles. The highest BCUT2D eigenvalue weighted by molar-refractivity contribution is 7.07. The molecular weight excluding hydrogens is 246 g/mol. The minimum absolute atomic E-state index is 0.0830. The second-order valence-corrected chi connectivity index (χ2v) is 4.98. The van der Waals surface area contributed by atoms with Gasteiger partial charge in [0.2, 0.25) is 5.91 Å². The second kappa shape index (κ2) is 5.69. The number of hydrogen-bond donors (Lipinski definition) is 2. The third-order valence-corrected chi connectivity index (χ3v) is 3.38. The van der Waals surface area contributed by atoms with Crippen molar-refractivity contribution in [3.63, 3.8) is 0 Å². The molecule has 2 N–H and O–H groups in total. The van der Waals surface area contributed by atoms with E-state index >= 15 is 0 Å². The fourth-order valence-corrected chi connectivity index (χ4v) is 2.36. The summed E-state index contributed by atoms with van der Waals surface area (Å²) in [7, 11) is 0. The van der Waals surface area contributed by atoms with Crippen LogP contribution in [0.5, 0.6) is 5.75 Å². The van der Waals surface area contributed by atoms with Gasteiger partial charge >= 0.3 is 0 Å². The van der Waals surface area contributed by atoms with E-state index in [1.807, 2.05) is 29.8 Å². The van der Waals surface area contributed by atoms with Crippen molar-refractivity contribution in [3.05, 3.63) is 46.2 Å². The molecule has 2 rings (SSSR count). The number of carbonyl (C=O) groups is 1. The van der Waals surface area contributed by atoms with Gasteiger partial charge in [-0.2, -0.15) is 11.3 Å². The summed E-state index contributed by atoms with van der Waals surface area (Å²) in [5, 5.41) is 16.4. The first-order valence-electron chi connectivity index (χ1n) is 5.75. The molecule has 0 bridgehead atoms. The van der Waals surface area contributed by atoms with Crippen molar-refractivity contribution < 1.29 is 9.90 Å². The van der Waals surface area contributed by atoms with Crippen LogP contribution in [0.4, 0.5) is 5.69 Å². The van der Waals surface area contributed by atoms with Gasteiger partial charge in [0.15, 0.2) is 0 Å². The average Bonchev–Trinajstić information content (AvgIpc) is 2.83. The van der Waals surface area contributed by atoms with Crippen molar-refractivity contribution in [2.75, 3.05) is 5.32 Å². The lowest BCUT2D eigenvalue weighted by Crippen LogP contribution is -2.12. The van der Waals surface area contributed by atoms with E-state index in [0.29, 0.717) is 12.1 Å². The molecule has 2 aromatic rings. The zero-order valence-electron chi connectivity index (χ0n) is 10.1. The third-order valence-electron chi connectivity index (χ3n) is 2.65. The Bertz CT molecular complexity index is 535. The Morgan fingerprint density at radius 2 is 2.22 bits per heavy atom. The average molecular weight is 261 g/mol. The second-order valence-electron chi connectivity index (χ2n) is 4.20. The molecule has 0 aliphatic rings. The lowest BCUT2D eigenvalue weighted by atomic mass is 10.1. The molecule has 0 spiro atoms. The number of thiophene rings is 1. The summed E-state index contributed by atoms with van der Waals surface area (Å²) in [6.45, 7) is 1.89. The molecule has 1 heterocycles. The topological polar surface area (TPSA) is 49.3 Å². The van der Waals surface area contributed by atoms with Crippen molar-refractivity contribution in [2.45, 2.75) is 19.8 Å². The highest BCUT2D eigenvalue weighted by Crippen LogP contribution is 2.24. The van der Waals surface area contributed by atoms with Crippen molar-refractivity contribution in [1.82, 2.24) is 0 Å². The lowest BCUT2D eigenvalue weighted by molar-refractivity contribution is -0.116. The fourth-order valence-electron chi connectivity index (χ4n) is 1.65. The number of aryl methyl sites for hydroxylation is 2. The molecule has 94 valence electrons. The molecule has 1 amide bonds. The van der Waals surface area contributed by atoms with Crippen molar-refractivity contribution in [1.29, 1.82) is 0 Å². The zero-order chi connectivity index (χ0) is 13.0. The third kappa shape index (κ3) is 3.34. The number of rotatable bonds is 4. The molecule has 1 aromatic carbocycles. The summed E-state index contributed by atoms with van der Waals surface area (Å²) >= 11 is 1.63.